The highest BCUT2D eigenvalue weighted by atomic mass is 19.1. The van der Waals surface area contributed by atoms with Gasteiger partial charge in [0.25, 0.3) is 0 Å². The van der Waals surface area contributed by atoms with Crippen molar-refractivity contribution in [3.05, 3.63) is 54.1 Å². The van der Waals surface area contributed by atoms with E-state index in [1.54, 1.807) is 18.5 Å². The fraction of sp³-hybridized carbons (Fsp3) is 0.0714. The average molecular weight is 256 g/mol. The van der Waals surface area contributed by atoms with E-state index in [2.05, 4.69) is 15.3 Å². The summed E-state index contributed by atoms with van der Waals surface area (Å²) in [5.41, 5.74) is 9.31. The second-order valence-corrected chi connectivity index (χ2v) is 4.34. The van der Waals surface area contributed by atoms with Crippen LogP contribution < -0.4 is 11.1 Å². The van der Waals surface area contributed by atoms with Crippen molar-refractivity contribution in [2.75, 3.05) is 11.1 Å². The molecular weight excluding hydrogens is 243 g/mol. The third-order valence-electron chi connectivity index (χ3n) is 2.98. The lowest BCUT2D eigenvalue weighted by atomic mass is 10.2. The summed E-state index contributed by atoms with van der Waals surface area (Å²) in [7, 11) is 0. The zero-order chi connectivity index (χ0) is 13.2. The highest BCUT2D eigenvalue weighted by Gasteiger charge is 2.01. The van der Waals surface area contributed by atoms with Gasteiger partial charge < -0.3 is 16.0 Å². The van der Waals surface area contributed by atoms with Crippen LogP contribution in [0.3, 0.4) is 0 Å². The molecule has 96 valence electrons. The topological polar surface area (TPSA) is 66.7 Å². The van der Waals surface area contributed by atoms with Crippen LogP contribution in [0.1, 0.15) is 5.56 Å². The number of hydrogen-bond donors (Lipinski definition) is 3. The van der Waals surface area contributed by atoms with Gasteiger partial charge >= 0.3 is 0 Å². The van der Waals surface area contributed by atoms with Crippen LogP contribution in [-0.2, 0) is 6.54 Å². The molecule has 0 saturated carbocycles. The van der Waals surface area contributed by atoms with Gasteiger partial charge in [0.05, 0.1) is 23.0 Å². The van der Waals surface area contributed by atoms with E-state index < -0.39 is 5.82 Å². The fourth-order valence-electron chi connectivity index (χ4n) is 1.93. The standard InChI is InChI=1S/C14H13FN4/c15-11-6-10(2-3-12(11)16)17-7-9-1-4-13-14(5-9)19-8-18-13/h1-6,8,17H,7,16H2,(H,18,19). The number of benzene rings is 2. The Morgan fingerprint density at radius 3 is 2.95 bits per heavy atom. The third-order valence-corrected chi connectivity index (χ3v) is 2.98. The summed E-state index contributed by atoms with van der Waals surface area (Å²) < 4.78 is 13.3. The SMILES string of the molecule is Nc1ccc(NCc2ccc3nc[nH]c3c2)cc1F. The maximum absolute atomic E-state index is 13.3. The second-order valence-electron chi connectivity index (χ2n) is 4.34. The normalized spacial score (nSPS) is 10.8. The lowest BCUT2D eigenvalue weighted by Gasteiger charge is -2.07. The van der Waals surface area contributed by atoms with Gasteiger partial charge in [0.1, 0.15) is 5.82 Å². The zero-order valence-corrected chi connectivity index (χ0v) is 10.2. The number of fused-ring (bicyclic) bond motifs is 1. The Kier molecular flexibility index (Phi) is 2.79. The summed E-state index contributed by atoms with van der Waals surface area (Å²) in [6.45, 7) is 0.609. The van der Waals surface area contributed by atoms with Crippen LogP contribution >= 0.6 is 0 Å². The molecule has 0 aliphatic rings. The number of hydrogen-bond acceptors (Lipinski definition) is 3. The van der Waals surface area contributed by atoms with Crippen LogP contribution in [0.5, 0.6) is 0 Å². The van der Waals surface area contributed by atoms with Gasteiger partial charge in [-0.3, -0.25) is 0 Å². The van der Waals surface area contributed by atoms with Gasteiger partial charge in [-0.05, 0) is 35.9 Å². The Morgan fingerprint density at radius 1 is 1.21 bits per heavy atom. The van der Waals surface area contributed by atoms with E-state index >= 15 is 0 Å². The molecule has 0 unspecified atom stereocenters. The van der Waals surface area contributed by atoms with Gasteiger partial charge in [-0.1, -0.05) is 6.07 Å². The summed E-state index contributed by atoms with van der Waals surface area (Å²) in [6, 6.07) is 10.7. The van der Waals surface area contributed by atoms with Gasteiger partial charge in [-0.2, -0.15) is 0 Å². The minimum atomic E-state index is -0.408. The molecule has 0 amide bonds. The summed E-state index contributed by atoms with van der Waals surface area (Å²) >= 11 is 0. The quantitative estimate of drug-likeness (QED) is 0.631. The number of anilines is 2. The highest BCUT2D eigenvalue weighted by Crippen LogP contribution is 2.17. The molecule has 0 atom stereocenters. The number of nitrogens with zero attached hydrogens (tertiary/aromatic N) is 1. The Hall–Kier alpha value is -2.56. The number of halogens is 1. The number of nitrogens with one attached hydrogen (secondary N) is 2. The lowest BCUT2D eigenvalue weighted by Crippen LogP contribution is -2.00. The van der Waals surface area contributed by atoms with Crippen molar-refractivity contribution in [2.45, 2.75) is 6.54 Å². The van der Waals surface area contributed by atoms with E-state index in [-0.39, 0.29) is 5.69 Å². The molecule has 4 nitrogen and oxygen atoms in total. The molecule has 1 aromatic heterocycles. The van der Waals surface area contributed by atoms with Gasteiger partial charge in [0, 0.05) is 12.2 Å². The van der Waals surface area contributed by atoms with E-state index in [0.717, 1.165) is 16.6 Å². The summed E-state index contributed by atoms with van der Waals surface area (Å²) in [5.74, 6) is -0.408. The molecule has 4 N–H and O–H groups in total. The number of rotatable bonds is 3. The predicted octanol–water partition coefficient (Wildman–Crippen LogP) is 2.90. The van der Waals surface area contributed by atoms with Gasteiger partial charge in [-0.15, -0.1) is 0 Å². The van der Waals surface area contributed by atoms with Crippen LogP contribution in [0.4, 0.5) is 15.8 Å². The summed E-state index contributed by atoms with van der Waals surface area (Å²) in [5, 5.41) is 3.16. The van der Waals surface area contributed by atoms with Crippen molar-refractivity contribution in [3.63, 3.8) is 0 Å². The minimum absolute atomic E-state index is 0.157. The Balaban J connectivity index is 1.75. The first-order valence-electron chi connectivity index (χ1n) is 5.93. The maximum atomic E-state index is 13.3. The van der Waals surface area contributed by atoms with Gasteiger partial charge in [0.15, 0.2) is 0 Å². The summed E-state index contributed by atoms with van der Waals surface area (Å²) in [4.78, 5) is 7.22. The van der Waals surface area contributed by atoms with Crippen LogP contribution in [0.25, 0.3) is 11.0 Å². The first-order chi connectivity index (χ1) is 9.22. The van der Waals surface area contributed by atoms with Gasteiger partial charge in [0.2, 0.25) is 0 Å². The number of imidazole rings is 1. The number of aromatic nitrogens is 2. The predicted molar refractivity (Wildman–Crippen MR) is 74.2 cm³/mol. The maximum Gasteiger partial charge on any atom is 0.148 e. The van der Waals surface area contributed by atoms with Crippen molar-refractivity contribution in [3.8, 4) is 0 Å². The van der Waals surface area contributed by atoms with Crippen molar-refractivity contribution in [2.24, 2.45) is 0 Å². The number of nitrogens with two attached hydrogens (primary N) is 1. The molecule has 19 heavy (non-hydrogen) atoms. The van der Waals surface area contributed by atoms with Crippen molar-refractivity contribution in [1.29, 1.82) is 0 Å². The molecule has 0 saturated heterocycles. The molecule has 0 aliphatic carbocycles. The second kappa shape index (κ2) is 4.61. The largest absolute Gasteiger partial charge is 0.396 e. The van der Waals surface area contributed by atoms with E-state index in [0.29, 0.717) is 12.2 Å². The van der Waals surface area contributed by atoms with E-state index in [1.807, 2.05) is 18.2 Å². The van der Waals surface area contributed by atoms with E-state index in [4.69, 9.17) is 5.73 Å². The van der Waals surface area contributed by atoms with E-state index in [1.165, 1.54) is 6.07 Å². The zero-order valence-electron chi connectivity index (χ0n) is 10.2. The fourth-order valence-corrected chi connectivity index (χ4v) is 1.93. The molecule has 1 heterocycles. The van der Waals surface area contributed by atoms with Crippen molar-refractivity contribution >= 4 is 22.4 Å². The molecule has 2 aromatic carbocycles. The Labute approximate surface area is 109 Å². The smallest absolute Gasteiger partial charge is 0.148 e. The minimum Gasteiger partial charge on any atom is -0.396 e. The van der Waals surface area contributed by atoms with Gasteiger partial charge in [-0.25, -0.2) is 9.37 Å². The molecule has 0 spiro atoms. The summed E-state index contributed by atoms with van der Waals surface area (Å²) in [6.07, 6.45) is 1.66. The van der Waals surface area contributed by atoms with E-state index in [9.17, 15) is 4.39 Å². The monoisotopic (exact) mass is 256 g/mol. The highest BCUT2D eigenvalue weighted by molar-refractivity contribution is 5.75. The molecule has 0 bridgehead atoms. The molecular formula is C14H13FN4. The first-order valence-corrected chi connectivity index (χ1v) is 5.93. The molecule has 0 radical (unpaired) electrons. The number of H-pyrrole nitrogens is 1. The number of aromatic amines is 1. The Bertz CT molecular complexity index is 720. The van der Waals surface area contributed by atoms with Crippen LogP contribution in [0.15, 0.2) is 42.7 Å². The van der Waals surface area contributed by atoms with Crippen LogP contribution in [0.2, 0.25) is 0 Å². The van der Waals surface area contributed by atoms with Crippen molar-refractivity contribution in [1.82, 2.24) is 9.97 Å². The third kappa shape index (κ3) is 2.35. The Morgan fingerprint density at radius 2 is 2.11 bits per heavy atom. The molecule has 0 fully saturated rings. The number of nitrogen functional groups attached to an aromatic ring is 1. The molecule has 5 heteroatoms. The molecule has 3 rings (SSSR count). The molecule has 3 aromatic rings. The average Bonchev–Trinajstić information content (AvgIpc) is 2.87. The van der Waals surface area contributed by atoms with Crippen LogP contribution in [-0.4, -0.2) is 9.97 Å². The van der Waals surface area contributed by atoms with Crippen molar-refractivity contribution < 1.29 is 4.39 Å². The first kappa shape index (κ1) is 11.5. The molecule has 0 aliphatic heterocycles. The lowest BCUT2D eigenvalue weighted by molar-refractivity contribution is 0.633. The van der Waals surface area contributed by atoms with Crippen LogP contribution in [0, 0.1) is 5.82 Å².